The third-order valence-electron chi connectivity index (χ3n) is 6.92. The minimum Gasteiger partial charge on any atom is -0.395 e. The van der Waals surface area contributed by atoms with Crippen molar-refractivity contribution in [1.82, 2.24) is 10.6 Å². The summed E-state index contributed by atoms with van der Waals surface area (Å²) in [5.74, 6) is 2.60. The molecule has 4 bridgehead atoms. The van der Waals surface area contributed by atoms with E-state index in [4.69, 9.17) is 16.7 Å². The number of rotatable bonds is 9. The van der Waals surface area contributed by atoms with Crippen molar-refractivity contribution in [3.63, 3.8) is 0 Å². The first kappa shape index (κ1) is 25.5. The number of carbonyl (C=O) groups excluding carboxylic acids is 1. The lowest BCUT2D eigenvalue weighted by molar-refractivity contribution is -0.0503. The lowest BCUT2D eigenvalue weighted by atomic mass is 9.49. The molecule has 8 heteroatoms. The molecule has 4 saturated carbocycles. The van der Waals surface area contributed by atoms with Crippen molar-refractivity contribution in [3.05, 3.63) is 28.8 Å². The summed E-state index contributed by atoms with van der Waals surface area (Å²) in [6.07, 6.45) is 8.11. The first-order valence-corrected chi connectivity index (χ1v) is 11.1. The van der Waals surface area contributed by atoms with Crippen LogP contribution in [0, 0.1) is 23.2 Å². The SMILES string of the molecule is Cl.Cl.O=C(NCC12CC3CC(CC(C3)C1)C2)c1cc(NCCNCCO)ccc1Cl. The van der Waals surface area contributed by atoms with E-state index in [1.165, 1.54) is 38.5 Å². The zero-order valence-electron chi connectivity index (χ0n) is 17.3. The van der Waals surface area contributed by atoms with Gasteiger partial charge in [-0.05, 0) is 79.9 Å². The van der Waals surface area contributed by atoms with Crippen LogP contribution in [0.25, 0.3) is 0 Å². The summed E-state index contributed by atoms with van der Waals surface area (Å²) in [5.41, 5.74) is 1.75. The summed E-state index contributed by atoms with van der Waals surface area (Å²) in [7, 11) is 0. The van der Waals surface area contributed by atoms with E-state index >= 15 is 0 Å². The fraction of sp³-hybridized carbons (Fsp3) is 0.682. The summed E-state index contributed by atoms with van der Waals surface area (Å²) >= 11 is 6.32. The number of nitrogens with one attached hydrogen (secondary N) is 3. The highest BCUT2D eigenvalue weighted by Crippen LogP contribution is 2.59. The highest BCUT2D eigenvalue weighted by molar-refractivity contribution is 6.34. The topological polar surface area (TPSA) is 73.4 Å². The number of carbonyl (C=O) groups is 1. The van der Waals surface area contributed by atoms with Gasteiger partial charge in [-0.25, -0.2) is 0 Å². The number of hydrogen-bond acceptors (Lipinski definition) is 4. The van der Waals surface area contributed by atoms with Crippen LogP contribution < -0.4 is 16.0 Å². The van der Waals surface area contributed by atoms with Gasteiger partial charge in [-0.15, -0.1) is 24.8 Å². The Balaban J connectivity index is 0.00000160. The highest BCUT2D eigenvalue weighted by Gasteiger charge is 2.50. The molecule has 5 rings (SSSR count). The molecular weight excluding hydrogens is 445 g/mol. The molecule has 0 atom stereocenters. The average molecular weight is 479 g/mol. The first-order valence-electron chi connectivity index (χ1n) is 10.7. The standard InChI is InChI=1S/C22H32ClN3O2.2ClH/c23-20-2-1-18(25-4-3-24-5-6-27)10-19(20)21(28)26-14-22-11-15-7-16(12-22)9-17(8-15)13-22;;/h1-2,10,15-17,24-25,27H,3-9,11-14H2,(H,26,28);2*1H. The van der Waals surface area contributed by atoms with Crippen LogP contribution in [0.15, 0.2) is 18.2 Å². The van der Waals surface area contributed by atoms with Crippen molar-refractivity contribution in [2.24, 2.45) is 23.2 Å². The second-order valence-corrected chi connectivity index (χ2v) is 9.60. The molecule has 0 saturated heterocycles. The Bertz CT molecular complexity index is 682. The molecule has 5 nitrogen and oxygen atoms in total. The summed E-state index contributed by atoms with van der Waals surface area (Å²) in [5, 5.41) is 18.9. The Morgan fingerprint density at radius 1 is 1.03 bits per heavy atom. The zero-order chi connectivity index (χ0) is 19.6. The van der Waals surface area contributed by atoms with E-state index in [0.717, 1.165) is 43.1 Å². The van der Waals surface area contributed by atoms with Gasteiger partial charge in [-0.2, -0.15) is 0 Å². The Kier molecular flexibility index (Phi) is 9.57. The molecule has 1 amide bonds. The van der Waals surface area contributed by atoms with Gasteiger partial charge in [0, 0.05) is 31.9 Å². The van der Waals surface area contributed by atoms with E-state index in [9.17, 15) is 4.79 Å². The normalized spacial score (nSPS) is 28.4. The molecule has 0 heterocycles. The fourth-order valence-electron chi connectivity index (χ4n) is 6.18. The minimum absolute atomic E-state index is 0. The molecule has 4 fully saturated rings. The molecule has 0 radical (unpaired) electrons. The largest absolute Gasteiger partial charge is 0.395 e. The third kappa shape index (κ3) is 5.95. The van der Waals surface area contributed by atoms with Crippen LogP contribution in [0.2, 0.25) is 5.02 Å². The van der Waals surface area contributed by atoms with Crippen molar-refractivity contribution in [3.8, 4) is 0 Å². The van der Waals surface area contributed by atoms with Gasteiger partial charge in [0.1, 0.15) is 0 Å². The molecule has 170 valence electrons. The van der Waals surface area contributed by atoms with E-state index in [1.54, 1.807) is 6.07 Å². The zero-order valence-corrected chi connectivity index (χ0v) is 19.7. The average Bonchev–Trinajstić information content (AvgIpc) is 2.66. The maximum atomic E-state index is 12.9. The van der Waals surface area contributed by atoms with Crippen LogP contribution in [0.1, 0.15) is 48.9 Å². The molecule has 0 aliphatic heterocycles. The number of hydrogen-bond donors (Lipinski definition) is 4. The number of amides is 1. The van der Waals surface area contributed by atoms with Crippen molar-refractivity contribution < 1.29 is 9.90 Å². The van der Waals surface area contributed by atoms with Gasteiger partial charge in [-0.3, -0.25) is 4.79 Å². The number of aliphatic hydroxyl groups excluding tert-OH is 1. The summed E-state index contributed by atoms with van der Waals surface area (Å²) in [6, 6.07) is 5.51. The molecule has 4 aliphatic rings. The summed E-state index contributed by atoms with van der Waals surface area (Å²) in [4.78, 5) is 12.9. The Hall–Kier alpha value is -0.720. The molecule has 1 aromatic carbocycles. The summed E-state index contributed by atoms with van der Waals surface area (Å²) < 4.78 is 0. The van der Waals surface area contributed by atoms with Crippen LogP contribution in [0.4, 0.5) is 5.69 Å². The monoisotopic (exact) mass is 477 g/mol. The van der Waals surface area contributed by atoms with Gasteiger partial charge < -0.3 is 21.1 Å². The third-order valence-corrected chi connectivity index (χ3v) is 7.25. The fourth-order valence-corrected chi connectivity index (χ4v) is 6.38. The van der Waals surface area contributed by atoms with Crippen LogP contribution in [-0.4, -0.2) is 43.8 Å². The van der Waals surface area contributed by atoms with E-state index in [0.29, 0.717) is 22.5 Å². The van der Waals surface area contributed by atoms with Crippen molar-refractivity contribution >= 4 is 48.0 Å². The number of aliphatic hydroxyl groups is 1. The Labute approximate surface area is 196 Å². The van der Waals surface area contributed by atoms with Crippen LogP contribution in [0.5, 0.6) is 0 Å². The number of benzene rings is 1. The predicted octanol–water partition coefficient (Wildman–Crippen LogP) is 4.12. The van der Waals surface area contributed by atoms with Gasteiger partial charge >= 0.3 is 0 Å². The second-order valence-electron chi connectivity index (χ2n) is 9.20. The second kappa shape index (κ2) is 11.2. The van der Waals surface area contributed by atoms with Crippen LogP contribution in [0.3, 0.4) is 0 Å². The van der Waals surface area contributed by atoms with Crippen LogP contribution in [-0.2, 0) is 0 Å². The molecular formula is C22H34Cl3N3O2. The van der Waals surface area contributed by atoms with Crippen molar-refractivity contribution in [2.75, 3.05) is 38.1 Å². The molecule has 0 unspecified atom stereocenters. The molecule has 4 N–H and O–H groups in total. The van der Waals surface area contributed by atoms with E-state index in [-0.39, 0.29) is 37.3 Å². The number of anilines is 1. The van der Waals surface area contributed by atoms with Crippen molar-refractivity contribution in [1.29, 1.82) is 0 Å². The lowest BCUT2D eigenvalue weighted by Crippen LogP contribution is -2.51. The van der Waals surface area contributed by atoms with E-state index in [2.05, 4.69) is 16.0 Å². The van der Waals surface area contributed by atoms with Gasteiger partial charge in [0.05, 0.1) is 17.2 Å². The molecule has 0 aromatic heterocycles. The minimum atomic E-state index is -0.0669. The Morgan fingerprint density at radius 2 is 1.67 bits per heavy atom. The van der Waals surface area contributed by atoms with Gasteiger partial charge in [0.15, 0.2) is 0 Å². The van der Waals surface area contributed by atoms with E-state index < -0.39 is 0 Å². The lowest BCUT2D eigenvalue weighted by Gasteiger charge is -2.56. The predicted molar refractivity (Wildman–Crippen MR) is 127 cm³/mol. The quantitative estimate of drug-likeness (QED) is 0.403. The maximum absolute atomic E-state index is 12.9. The maximum Gasteiger partial charge on any atom is 0.252 e. The smallest absolute Gasteiger partial charge is 0.252 e. The Morgan fingerprint density at radius 3 is 2.27 bits per heavy atom. The molecule has 1 aromatic rings. The summed E-state index contributed by atoms with van der Waals surface area (Å²) in [6.45, 7) is 2.97. The molecule has 30 heavy (non-hydrogen) atoms. The van der Waals surface area contributed by atoms with Crippen molar-refractivity contribution in [2.45, 2.75) is 38.5 Å². The highest BCUT2D eigenvalue weighted by atomic mass is 35.5. The number of halogens is 3. The van der Waals surface area contributed by atoms with Crippen LogP contribution >= 0.6 is 36.4 Å². The molecule has 4 aliphatic carbocycles. The van der Waals surface area contributed by atoms with E-state index in [1.807, 2.05) is 12.1 Å². The van der Waals surface area contributed by atoms with Gasteiger partial charge in [0.25, 0.3) is 5.91 Å². The van der Waals surface area contributed by atoms with Gasteiger partial charge in [-0.1, -0.05) is 11.6 Å². The van der Waals surface area contributed by atoms with Gasteiger partial charge in [0.2, 0.25) is 0 Å². The first-order chi connectivity index (χ1) is 13.6. The molecule has 0 spiro atoms.